The Morgan fingerprint density at radius 1 is 0.593 bits per heavy atom. The minimum atomic E-state index is 0.829. The molecule has 0 radical (unpaired) electrons. The monoisotopic (exact) mass is 349 g/mol. The number of hydrogen-bond acceptors (Lipinski definition) is 3. The molecule has 0 atom stereocenters. The Labute approximate surface area is 158 Å². The van der Waals surface area contributed by atoms with Crippen LogP contribution in [0.1, 0.15) is 0 Å². The first-order valence-corrected chi connectivity index (χ1v) is 9.31. The van der Waals surface area contributed by atoms with Gasteiger partial charge in [0.15, 0.2) is 0 Å². The second kappa shape index (κ2) is 5.27. The van der Waals surface area contributed by atoms with Gasteiger partial charge >= 0.3 is 0 Å². The second-order valence-electron chi connectivity index (χ2n) is 7.22. The van der Waals surface area contributed by atoms with E-state index in [0.717, 1.165) is 6.67 Å². The third kappa shape index (κ3) is 1.97. The van der Waals surface area contributed by atoms with Crippen molar-refractivity contribution in [3.8, 4) is 0 Å². The van der Waals surface area contributed by atoms with Crippen LogP contribution in [0, 0.1) is 0 Å². The highest BCUT2D eigenvalue weighted by Crippen LogP contribution is 2.56. The summed E-state index contributed by atoms with van der Waals surface area (Å²) in [5.74, 6) is 0. The lowest BCUT2D eigenvalue weighted by Gasteiger charge is -2.35. The average Bonchev–Trinajstić information content (AvgIpc) is 3.12. The van der Waals surface area contributed by atoms with Gasteiger partial charge in [-0.1, -0.05) is 48.5 Å². The van der Waals surface area contributed by atoms with E-state index in [4.69, 9.17) is 0 Å². The van der Waals surface area contributed by atoms with Crippen molar-refractivity contribution in [3.05, 3.63) is 84.9 Å². The lowest BCUT2D eigenvalue weighted by atomic mass is 10.0. The van der Waals surface area contributed by atoms with Crippen molar-refractivity contribution in [1.82, 2.24) is 0 Å². The Hall–Kier alpha value is -3.46. The SMILES string of the molecule is CN1c2cc3ccccc3cc2N2CN(c3ccccc3)c3cccc1c32. The summed E-state index contributed by atoms with van der Waals surface area (Å²) in [6.07, 6.45) is 0. The third-order valence-corrected chi connectivity index (χ3v) is 5.76. The van der Waals surface area contributed by atoms with Crippen molar-refractivity contribution < 1.29 is 0 Å². The Morgan fingerprint density at radius 2 is 1.26 bits per heavy atom. The van der Waals surface area contributed by atoms with E-state index in [1.54, 1.807) is 0 Å². The summed E-state index contributed by atoms with van der Waals surface area (Å²) in [6, 6.07) is 30.5. The van der Waals surface area contributed by atoms with Crippen molar-refractivity contribution in [3.63, 3.8) is 0 Å². The molecule has 0 unspecified atom stereocenters. The summed E-state index contributed by atoms with van der Waals surface area (Å²) in [5, 5.41) is 2.56. The Bertz CT molecular complexity index is 1180. The number of nitrogens with zero attached hydrogens (tertiary/aromatic N) is 3. The van der Waals surface area contributed by atoms with E-state index in [1.165, 1.54) is 44.9 Å². The molecule has 4 aromatic rings. The molecule has 0 aromatic heterocycles. The predicted octanol–water partition coefficient (Wildman–Crippen LogP) is 6.17. The second-order valence-corrected chi connectivity index (χ2v) is 7.22. The minimum absolute atomic E-state index is 0.829. The molecule has 0 spiro atoms. The van der Waals surface area contributed by atoms with Gasteiger partial charge in [0.05, 0.1) is 28.4 Å². The van der Waals surface area contributed by atoms with Crippen LogP contribution in [0.5, 0.6) is 0 Å². The van der Waals surface area contributed by atoms with Crippen molar-refractivity contribution in [2.75, 3.05) is 28.4 Å². The van der Waals surface area contributed by atoms with Gasteiger partial charge in [0.2, 0.25) is 0 Å². The molecule has 0 aliphatic carbocycles. The van der Waals surface area contributed by atoms with E-state index in [0.29, 0.717) is 0 Å². The first-order chi connectivity index (χ1) is 13.3. The fourth-order valence-electron chi connectivity index (χ4n) is 4.43. The standard InChI is InChI=1S/C24H19N3/c1-25-20-12-7-13-21-24(20)27(16-26(21)19-10-3-2-4-11-19)23-15-18-9-6-5-8-17(18)14-22(23)25/h2-15H,16H2,1H3. The molecule has 0 amide bonds. The largest absolute Gasteiger partial charge is 0.341 e. The molecule has 0 saturated carbocycles. The van der Waals surface area contributed by atoms with Crippen molar-refractivity contribution in [2.45, 2.75) is 0 Å². The van der Waals surface area contributed by atoms with Crippen LogP contribution in [0.4, 0.5) is 34.1 Å². The van der Waals surface area contributed by atoms with Gasteiger partial charge in [-0.05, 0) is 47.2 Å². The molecule has 2 aliphatic heterocycles. The van der Waals surface area contributed by atoms with Gasteiger partial charge in [0.1, 0.15) is 6.67 Å². The zero-order chi connectivity index (χ0) is 18.0. The molecule has 3 nitrogen and oxygen atoms in total. The van der Waals surface area contributed by atoms with Crippen LogP contribution >= 0.6 is 0 Å². The number of fused-ring (bicyclic) bond motifs is 3. The highest BCUT2D eigenvalue weighted by molar-refractivity contribution is 6.06. The van der Waals surface area contributed by atoms with Crippen LogP contribution in [-0.4, -0.2) is 13.7 Å². The molecular weight excluding hydrogens is 330 g/mol. The smallest absolute Gasteiger partial charge is 0.100 e. The highest BCUT2D eigenvalue weighted by atomic mass is 15.4. The maximum absolute atomic E-state index is 2.46. The number of benzene rings is 4. The summed E-state index contributed by atoms with van der Waals surface area (Å²) in [5.41, 5.74) is 7.58. The lowest BCUT2D eigenvalue weighted by molar-refractivity contribution is 0.977. The Balaban J connectivity index is 1.60. The maximum atomic E-state index is 2.46. The van der Waals surface area contributed by atoms with Crippen LogP contribution in [0.2, 0.25) is 0 Å². The summed E-state index contributed by atoms with van der Waals surface area (Å²) in [4.78, 5) is 7.18. The fourth-order valence-corrected chi connectivity index (χ4v) is 4.43. The van der Waals surface area contributed by atoms with E-state index in [-0.39, 0.29) is 0 Å². The average molecular weight is 349 g/mol. The van der Waals surface area contributed by atoms with Gasteiger partial charge in [-0.25, -0.2) is 0 Å². The number of para-hydroxylation sites is 2. The molecule has 130 valence electrons. The van der Waals surface area contributed by atoms with Gasteiger partial charge < -0.3 is 14.7 Å². The molecular formula is C24H19N3. The first kappa shape index (κ1) is 14.7. The lowest BCUT2D eigenvalue weighted by Crippen LogP contribution is -2.28. The molecule has 0 N–H and O–H groups in total. The van der Waals surface area contributed by atoms with E-state index >= 15 is 0 Å². The van der Waals surface area contributed by atoms with Crippen molar-refractivity contribution in [2.24, 2.45) is 0 Å². The van der Waals surface area contributed by atoms with Gasteiger partial charge in [0.25, 0.3) is 0 Å². The van der Waals surface area contributed by atoms with E-state index in [9.17, 15) is 0 Å². The third-order valence-electron chi connectivity index (χ3n) is 5.76. The van der Waals surface area contributed by atoms with Gasteiger partial charge in [-0.3, -0.25) is 0 Å². The quantitative estimate of drug-likeness (QED) is 0.407. The van der Waals surface area contributed by atoms with Crippen molar-refractivity contribution in [1.29, 1.82) is 0 Å². The number of anilines is 6. The molecule has 4 aromatic carbocycles. The molecule has 2 heterocycles. The predicted molar refractivity (Wildman–Crippen MR) is 114 cm³/mol. The summed E-state index contributed by atoms with van der Waals surface area (Å²) < 4.78 is 0. The summed E-state index contributed by atoms with van der Waals surface area (Å²) in [7, 11) is 2.17. The Morgan fingerprint density at radius 3 is 2.04 bits per heavy atom. The van der Waals surface area contributed by atoms with E-state index in [2.05, 4.69) is 107 Å². The van der Waals surface area contributed by atoms with E-state index < -0.39 is 0 Å². The number of hydrogen-bond donors (Lipinski definition) is 0. The molecule has 2 aliphatic rings. The van der Waals surface area contributed by atoms with Gasteiger partial charge in [0, 0.05) is 12.7 Å². The highest BCUT2D eigenvalue weighted by Gasteiger charge is 2.36. The van der Waals surface area contributed by atoms with E-state index in [1.807, 2.05) is 0 Å². The van der Waals surface area contributed by atoms with Crippen LogP contribution in [0.15, 0.2) is 84.9 Å². The normalized spacial score (nSPS) is 14.5. The van der Waals surface area contributed by atoms with Crippen LogP contribution in [0.3, 0.4) is 0 Å². The summed E-state index contributed by atoms with van der Waals surface area (Å²) in [6.45, 7) is 0.829. The molecule has 27 heavy (non-hydrogen) atoms. The number of rotatable bonds is 1. The zero-order valence-corrected chi connectivity index (χ0v) is 15.1. The summed E-state index contributed by atoms with van der Waals surface area (Å²) >= 11 is 0. The zero-order valence-electron chi connectivity index (χ0n) is 15.1. The van der Waals surface area contributed by atoms with Gasteiger partial charge in [-0.2, -0.15) is 0 Å². The molecule has 0 fully saturated rings. The van der Waals surface area contributed by atoms with Crippen LogP contribution < -0.4 is 14.7 Å². The van der Waals surface area contributed by atoms with Gasteiger partial charge in [-0.15, -0.1) is 0 Å². The fraction of sp³-hybridized carbons (Fsp3) is 0.0833. The molecule has 6 rings (SSSR count). The van der Waals surface area contributed by atoms with Crippen LogP contribution in [0.25, 0.3) is 10.8 Å². The molecule has 0 bridgehead atoms. The van der Waals surface area contributed by atoms with Crippen molar-refractivity contribution >= 4 is 44.9 Å². The molecule has 0 saturated heterocycles. The first-order valence-electron chi connectivity index (χ1n) is 9.31. The molecule has 3 heteroatoms. The topological polar surface area (TPSA) is 9.72 Å². The maximum Gasteiger partial charge on any atom is 0.100 e. The minimum Gasteiger partial charge on any atom is -0.341 e. The van der Waals surface area contributed by atoms with Crippen LogP contribution in [-0.2, 0) is 0 Å². The Kier molecular flexibility index (Phi) is 2.87.